The number of rotatable bonds is 8. The van der Waals surface area contributed by atoms with Crippen molar-refractivity contribution in [2.24, 2.45) is 4.99 Å². The third-order valence-corrected chi connectivity index (χ3v) is 5.62. The van der Waals surface area contributed by atoms with E-state index in [4.69, 9.17) is 0 Å². The maximum atomic E-state index is 12.4. The molecule has 1 fully saturated rings. The van der Waals surface area contributed by atoms with Gasteiger partial charge in [0, 0.05) is 32.5 Å². The van der Waals surface area contributed by atoms with Gasteiger partial charge < -0.3 is 16.0 Å². The van der Waals surface area contributed by atoms with Crippen molar-refractivity contribution in [3.8, 4) is 5.69 Å². The highest BCUT2D eigenvalue weighted by Gasteiger charge is 2.45. The Hall–Kier alpha value is -2.63. The molecule has 2 unspecified atom stereocenters. The number of hydrogen-bond acceptors (Lipinski definition) is 4. The molecule has 0 radical (unpaired) electrons. The normalized spacial score (nSPS) is 19.4. The number of hydrogen-bond donors (Lipinski definition) is 3. The van der Waals surface area contributed by atoms with Gasteiger partial charge in [-0.15, -0.1) is 24.0 Å². The second-order valence-corrected chi connectivity index (χ2v) is 7.84. The molecular weight excluding hydrogens is 521 g/mol. The summed E-state index contributed by atoms with van der Waals surface area (Å²) in [5, 5.41) is 13.7. The standard InChI is InChI=1S/C22H31N7O2.HI/c1-5-22(3)19(30)28(21(31)27-22)13-7-11-24-20(23-4)26-16(2)17-9-6-10-18(15-17)29-14-8-12-25-29;/h6,8-10,12,14-16H,5,7,11,13H2,1-4H3,(H,27,31)(H2,23,24,26);1H. The molecule has 174 valence electrons. The van der Waals surface area contributed by atoms with Crippen LogP contribution in [-0.2, 0) is 4.79 Å². The van der Waals surface area contributed by atoms with Gasteiger partial charge in [-0.25, -0.2) is 9.48 Å². The molecule has 32 heavy (non-hydrogen) atoms. The minimum Gasteiger partial charge on any atom is -0.356 e. The number of imide groups is 1. The SMILES string of the molecule is CCC1(C)NC(=O)N(CCCNC(=NC)NC(C)c2cccc(-n3cccn3)c2)C1=O.I. The summed E-state index contributed by atoms with van der Waals surface area (Å²) >= 11 is 0. The Morgan fingerprint density at radius 1 is 1.31 bits per heavy atom. The summed E-state index contributed by atoms with van der Waals surface area (Å²) in [6.45, 7) is 6.67. The molecule has 0 bridgehead atoms. The third-order valence-electron chi connectivity index (χ3n) is 5.62. The predicted octanol–water partition coefficient (Wildman–Crippen LogP) is 2.83. The number of urea groups is 1. The summed E-state index contributed by atoms with van der Waals surface area (Å²) in [5.41, 5.74) is 1.31. The molecule has 0 aliphatic carbocycles. The number of nitrogens with zero attached hydrogens (tertiary/aromatic N) is 4. The zero-order valence-electron chi connectivity index (χ0n) is 19.0. The maximum absolute atomic E-state index is 12.4. The highest BCUT2D eigenvalue weighted by molar-refractivity contribution is 14.0. The fourth-order valence-corrected chi connectivity index (χ4v) is 3.47. The minimum absolute atomic E-state index is 0. The first-order chi connectivity index (χ1) is 14.9. The Balaban J connectivity index is 0.00000363. The zero-order valence-corrected chi connectivity index (χ0v) is 21.3. The molecule has 0 saturated carbocycles. The molecule has 3 rings (SSSR count). The average molecular weight is 553 g/mol. The lowest BCUT2D eigenvalue weighted by Gasteiger charge is -2.20. The topological polar surface area (TPSA) is 104 Å². The molecule has 2 aromatic rings. The van der Waals surface area contributed by atoms with Crippen LogP contribution in [0, 0.1) is 0 Å². The molecule has 3 amide bonds. The maximum Gasteiger partial charge on any atom is 0.325 e. The number of benzene rings is 1. The first-order valence-electron chi connectivity index (χ1n) is 10.6. The van der Waals surface area contributed by atoms with Gasteiger partial charge in [0.1, 0.15) is 5.54 Å². The fraction of sp³-hybridized carbons (Fsp3) is 0.455. The number of guanidine groups is 1. The van der Waals surface area contributed by atoms with Gasteiger partial charge in [-0.05, 0) is 50.5 Å². The lowest BCUT2D eigenvalue weighted by Crippen LogP contribution is -2.43. The van der Waals surface area contributed by atoms with Crippen LogP contribution >= 0.6 is 24.0 Å². The van der Waals surface area contributed by atoms with E-state index in [-0.39, 0.29) is 42.0 Å². The quantitative estimate of drug-likeness (QED) is 0.153. The van der Waals surface area contributed by atoms with E-state index < -0.39 is 5.54 Å². The van der Waals surface area contributed by atoms with Gasteiger partial charge in [0.25, 0.3) is 5.91 Å². The molecule has 1 saturated heterocycles. The number of aromatic nitrogens is 2. The number of nitrogens with one attached hydrogen (secondary N) is 3. The second-order valence-electron chi connectivity index (χ2n) is 7.84. The average Bonchev–Trinajstić information content (AvgIpc) is 3.39. The van der Waals surface area contributed by atoms with Gasteiger partial charge in [0.05, 0.1) is 11.7 Å². The Bertz CT molecular complexity index is 948. The molecule has 1 aliphatic rings. The van der Waals surface area contributed by atoms with Crippen molar-refractivity contribution in [1.29, 1.82) is 0 Å². The van der Waals surface area contributed by atoms with E-state index in [2.05, 4.69) is 45.1 Å². The summed E-state index contributed by atoms with van der Waals surface area (Å²) in [7, 11) is 1.71. The zero-order chi connectivity index (χ0) is 22.4. The summed E-state index contributed by atoms with van der Waals surface area (Å²) < 4.78 is 1.82. The predicted molar refractivity (Wildman–Crippen MR) is 135 cm³/mol. The van der Waals surface area contributed by atoms with Gasteiger partial charge in [0.2, 0.25) is 0 Å². The lowest BCUT2D eigenvalue weighted by molar-refractivity contribution is -0.130. The van der Waals surface area contributed by atoms with E-state index in [0.29, 0.717) is 31.9 Å². The van der Waals surface area contributed by atoms with Crippen LogP contribution in [0.5, 0.6) is 0 Å². The summed E-state index contributed by atoms with van der Waals surface area (Å²) in [6.07, 6.45) is 4.86. The van der Waals surface area contributed by atoms with Gasteiger partial charge in [-0.2, -0.15) is 5.10 Å². The molecule has 10 heteroatoms. The number of amides is 3. The van der Waals surface area contributed by atoms with Crippen LogP contribution in [0.25, 0.3) is 5.69 Å². The van der Waals surface area contributed by atoms with E-state index in [1.54, 1.807) is 20.2 Å². The number of carbonyl (C=O) groups excluding carboxylic acids is 2. The molecule has 2 atom stereocenters. The van der Waals surface area contributed by atoms with Crippen molar-refractivity contribution < 1.29 is 9.59 Å². The Kier molecular flexibility index (Phi) is 9.05. The van der Waals surface area contributed by atoms with Crippen molar-refractivity contribution in [1.82, 2.24) is 30.6 Å². The van der Waals surface area contributed by atoms with Crippen LogP contribution < -0.4 is 16.0 Å². The Morgan fingerprint density at radius 2 is 2.09 bits per heavy atom. The van der Waals surface area contributed by atoms with Crippen molar-refractivity contribution >= 4 is 41.9 Å². The summed E-state index contributed by atoms with van der Waals surface area (Å²) in [5.74, 6) is 0.501. The van der Waals surface area contributed by atoms with Crippen molar-refractivity contribution in [3.05, 3.63) is 48.3 Å². The highest BCUT2D eigenvalue weighted by Crippen LogP contribution is 2.20. The molecular formula is C22H32IN7O2. The lowest BCUT2D eigenvalue weighted by atomic mass is 9.99. The van der Waals surface area contributed by atoms with Crippen LogP contribution in [0.1, 0.15) is 45.2 Å². The van der Waals surface area contributed by atoms with E-state index in [9.17, 15) is 9.59 Å². The Labute approximate surface area is 206 Å². The van der Waals surface area contributed by atoms with Gasteiger partial charge in [-0.3, -0.25) is 14.7 Å². The monoisotopic (exact) mass is 553 g/mol. The van der Waals surface area contributed by atoms with E-state index in [0.717, 1.165) is 11.3 Å². The second kappa shape index (κ2) is 11.3. The molecule has 1 aromatic carbocycles. The van der Waals surface area contributed by atoms with E-state index in [1.165, 1.54) is 4.90 Å². The van der Waals surface area contributed by atoms with E-state index >= 15 is 0 Å². The van der Waals surface area contributed by atoms with Crippen LogP contribution in [0.2, 0.25) is 0 Å². The summed E-state index contributed by atoms with van der Waals surface area (Å²) in [6, 6.07) is 9.75. The number of carbonyl (C=O) groups is 2. The number of halogens is 1. The molecule has 1 aromatic heterocycles. The molecule has 0 spiro atoms. The largest absolute Gasteiger partial charge is 0.356 e. The van der Waals surface area contributed by atoms with Crippen molar-refractivity contribution in [2.45, 2.75) is 45.2 Å². The number of aliphatic imine (C=N–C) groups is 1. The van der Waals surface area contributed by atoms with Crippen LogP contribution in [0.15, 0.2) is 47.7 Å². The van der Waals surface area contributed by atoms with E-state index in [1.807, 2.05) is 36.0 Å². The third kappa shape index (κ3) is 5.78. The molecule has 9 nitrogen and oxygen atoms in total. The van der Waals surface area contributed by atoms with Crippen LogP contribution in [-0.4, -0.2) is 58.3 Å². The first-order valence-corrected chi connectivity index (χ1v) is 10.6. The van der Waals surface area contributed by atoms with Gasteiger partial charge >= 0.3 is 6.03 Å². The highest BCUT2D eigenvalue weighted by atomic mass is 127. The molecule has 3 N–H and O–H groups in total. The van der Waals surface area contributed by atoms with Gasteiger partial charge in [-0.1, -0.05) is 19.1 Å². The smallest absolute Gasteiger partial charge is 0.325 e. The summed E-state index contributed by atoms with van der Waals surface area (Å²) in [4.78, 5) is 30.1. The van der Waals surface area contributed by atoms with Crippen molar-refractivity contribution in [2.75, 3.05) is 20.1 Å². The van der Waals surface area contributed by atoms with Gasteiger partial charge in [0.15, 0.2) is 5.96 Å². The van der Waals surface area contributed by atoms with Crippen LogP contribution in [0.3, 0.4) is 0 Å². The van der Waals surface area contributed by atoms with Crippen molar-refractivity contribution in [3.63, 3.8) is 0 Å². The first kappa shape index (κ1) is 25.6. The Morgan fingerprint density at radius 3 is 2.72 bits per heavy atom. The fourth-order valence-electron chi connectivity index (χ4n) is 3.47. The minimum atomic E-state index is -0.789. The molecule has 1 aliphatic heterocycles. The van der Waals surface area contributed by atoms with Crippen LogP contribution in [0.4, 0.5) is 4.79 Å². The molecule has 2 heterocycles.